The van der Waals surface area contributed by atoms with Crippen molar-refractivity contribution < 1.29 is 0 Å². The molecule has 0 heterocycles. The van der Waals surface area contributed by atoms with Crippen LogP contribution in [-0.2, 0) is 0 Å². The van der Waals surface area contributed by atoms with Crippen molar-refractivity contribution in [1.82, 2.24) is 0 Å². The van der Waals surface area contributed by atoms with Gasteiger partial charge in [-0.15, -0.1) is 0 Å². The van der Waals surface area contributed by atoms with Gasteiger partial charge in [-0.2, -0.15) is 5.26 Å². The summed E-state index contributed by atoms with van der Waals surface area (Å²) >= 11 is 0. The Bertz CT molecular complexity index is 5330. The van der Waals surface area contributed by atoms with Gasteiger partial charge < -0.3 is 0 Å². The molecule has 0 aliphatic heterocycles. The Morgan fingerprint density at radius 1 is 0.183 bits per heavy atom. The van der Waals surface area contributed by atoms with Gasteiger partial charge in [0, 0.05) is 0 Å². The summed E-state index contributed by atoms with van der Waals surface area (Å²) in [6, 6.07) is 112. The molecule has 0 aliphatic rings. The van der Waals surface area contributed by atoms with Crippen LogP contribution >= 0.6 is 0 Å². The average molecular weight is 1040 g/mol. The third kappa shape index (κ3) is 7.84. The quantitative estimate of drug-likeness (QED) is 0.146. The standard InChI is InChI=1S/C81H49N/c82-50-51-26-27-53-31-35-65(46-66(53)42-51)80-72-39-36-62(59-32-28-52-14-7-8-20-58(52)43-59)47-75(72)79(57-18-5-2-6-19-57)76-48-63(37-40-73(76)80)60-33-29-54-30-34-61(45-67(54)44-60)64-38-41-74-77(49-64)78(56-16-3-1-4-17-56)70-23-11-12-24-71(70)81(74)69-25-13-21-55-15-9-10-22-68(55)69/h1-49H. The number of rotatable bonds is 7. The first-order valence-corrected chi connectivity index (χ1v) is 28.2. The number of benzene rings is 16. The minimum Gasteiger partial charge on any atom is -0.192 e. The van der Waals surface area contributed by atoms with Crippen molar-refractivity contribution in [1.29, 1.82) is 5.26 Å². The second-order valence-electron chi connectivity index (χ2n) is 21.8. The predicted octanol–water partition coefficient (Wildman–Crippen LogP) is 22.5. The largest absolute Gasteiger partial charge is 0.192 e. The van der Waals surface area contributed by atoms with E-state index >= 15 is 0 Å². The van der Waals surface area contributed by atoms with Gasteiger partial charge in [0.2, 0.25) is 0 Å². The Labute approximate surface area is 475 Å². The highest BCUT2D eigenvalue weighted by atomic mass is 14.3. The summed E-state index contributed by atoms with van der Waals surface area (Å²) in [5.74, 6) is 0. The van der Waals surface area contributed by atoms with Crippen LogP contribution in [0.25, 0.3) is 164 Å². The summed E-state index contributed by atoms with van der Waals surface area (Å²) < 4.78 is 0. The van der Waals surface area contributed by atoms with Crippen molar-refractivity contribution in [2.45, 2.75) is 0 Å². The molecule has 0 aromatic heterocycles. The van der Waals surface area contributed by atoms with Crippen LogP contribution in [0.5, 0.6) is 0 Å². The Kier molecular flexibility index (Phi) is 11.0. The van der Waals surface area contributed by atoms with E-state index in [-0.39, 0.29) is 0 Å². The molecular weight excluding hydrogens is 987 g/mol. The van der Waals surface area contributed by atoms with Crippen LogP contribution in [0.15, 0.2) is 297 Å². The average Bonchev–Trinajstić information content (AvgIpc) is 2.66. The van der Waals surface area contributed by atoms with Gasteiger partial charge >= 0.3 is 0 Å². The molecule has 0 amide bonds. The lowest BCUT2D eigenvalue weighted by molar-refractivity contribution is 1.50. The van der Waals surface area contributed by atoms with Crippen molar-refractivity contribution in [3.8, 4) is 84.0 Å². The van der Waals surface area contributed by atoms with Gasteiger partial charge in [-0.3, -0.25) is 0 Å². The summed E-state index contributed by atoms with van der Waals surface area (Å²) in [7, 11) is 0. The summed E-state index contributed by atoms with van der Waals surface area (Å²) in [6.45, 7) is 0. The Morgan fingerprint density at radius 2 is 0.537 bits per heavy atom. The summed E-state index contributed by atoms with van der Waals surface area (Å²) in [5.41, 5.74) is 17.3. The van der Waals surface area contributed by atoms with Crippen LogP contribution in [0.4, 0.5) is 0 Å². The summed E-state index contributed by atoms with van der Waals surface area (Å²) in [5, 5.41) is 29.1. The van der Waals surface area contributed by atoms with E-state index in [9.17, 15) is 5.26 Å². The molecule has 0 bridgehead atoms. The molecule has 0 saturated heterocycles. The lowest BCUT2D eigenvalue weighted by Crippen LogP contribution is -1.93. The van der Waals surface area contributed by atoms with Gasteiger partial charge in [0.1, 0.15) is 0 Å². The molecule has 16 aromatic carbocycles. The lowest BCUT2D eigenvalue weighted by atomic mass is 9.83. The highest BCUT2D eigenvalue weighted by Gasteiger charge is 2.22. The van der Waals surface area contributed by atoms with Gasteiger partial charge in [-0.05, 0) is 219 Å². The van der Waals surface area contributed by atoms with E-state index in [4.69, 9.17) is 0 Å². The predicted molar refractivity (Wildman–Crippen MR) is 349 cm³/mol. The van der Waals surface area contributed by atoms with Gasteiger partial charge in [-0.25, -0.2) is 0 Å². The zero-order valence-electron chi connectivity index (χ0n) is 44.7. The zero-order valence-corrected chi connectivity index (χ0v) is 44.7. The van der Waals surface area contributed by atoms with E-state index < -0.39 is 0 Å². The Hall–Kier alpha value is -10.9. The molecular formula is C81H49N. The van der Waals surface area contributed by atoms with Gasteiger partial charge in [0.25, 0.3) is 0 Å². The SMILES string of the molecule is N#Cc1ccc2ccc(-c3c4ccc(-c5ccc6ccccc6c5)cc4c(-c4ccccc4)c4cc(-c5ccc6ccc(-c7ccc8c(-c9cccc%10ccccc9%10)c9ccccc9c(-c9ccccc9)c8c7)cc6c5)ccc34)cc2c1. The topological polar surface area (TPSA) is 23.8 Å². The smallest absolute Gasteiger partial charge is 0.0991 e. The fraction of sp³-hybridized carbons (Fsp3) is 0. The minimum atomic E-state index is 0.653. The number of nitriles is 1. The molecule has 16 rings (SSSR count). The second kappa shape index (κ2) is 19.2. The lowest BCUT2D eigenvalue weighted by Gasteiger charge is -2.20. The molecule has 16 aromatic rings. The maximum absolute atomic E-state index is 9.95. The van der Waals surface area contributed by atoms with E-state index in [1.807, 2.05) is 12.1 Å². The maximum Gasteiger partial charge on any atom is 0.0991 e. The zero-order chi connectivity index (χ0) is 54.3. The number of hydrogen-bond acceptors (Lipinski definition) is 1. The van der Waals surface area contributed by atoms with Gasteiger partial charge in [0.05, 0.1) is 11.6 Å². The Balaban J connectivity index is 0.891. The van der Waals surface area contributed by atoms with Crippen molar-refractivity contribution in [2.75, 3.05) is 0 Å². The Morgan fingerprint density at radius 3 is 1.11 bits per heavy atom. The molecule has 0 spiro atoms. The molecule has 0 unspecified atom stereocenters. The number of nitrogens with zero attached hydrogens (tertiary/aromatic N) is 1. The van der Waals surface area contributed by atoms with Crippen LogP contribution in [-0.4, -0.2) is 0 Å². The first kappa shape index (κ1) is 47.1. The fourth-order valence-corrected chi connectivity index (χ4v) is 13.3. The van der Waals surface area contributed by atoms with Crippen LogP contribution < -0.4 is 0 Å². The first-order chi connectivity index (χ1) is 40.6. The molecule has 0 radical (unpaired) electrons. The third-order valence-corrected chi connectivity index (χ3v) is 17.2. The molecule has 1 nitrogen and oxygen atoms in total. The van der Waals surface area contributed by atoms with Crippen molar-refractivity contribution in [2.24, 2.45) is 0 Å². The summed E-state index contributed by atoms with van der Waals surface area (Å²) in [4.78, 5) is 0. The van der Waals surface area contributed by atoms with Crippen molar-refractivity contribution in [3.05, 3.63) is 303 Å². The minimum absolute atomic E-state index is 0.653. The van der Waals surface area contributed by atoms with Crippen molar-refractivity contribution in [3.63, 3.8) is 0 Å². The monoisotopic (exact) mass is 1040 g/mol. The first-order valence-electron chi connectivity index (χ1n) is 28.2. The van der Waals surface area contributed by atoms with Crippen LogP contribution in [0.2, 0.25) is 0 Å². The molecule has 0 fully saturated rings. The third-order valence-electron chi connectivity index (χ3n) is 17.2. The van der Waals surface area contributed by atoms with E-state index in [1.165, 1.54) is 137 Å². The highest BCUT2D eigenvalue weighted by molar-refractivity contribution is 6.25. The van der Waals surface area contributed by atoms with E-state index in [1.54, 1.807) is 0 Å². The molecule has 0 N–H and O–H groups in total. The molecule has 378 valence electrons. The van der Waals surface area contributed by atoms with Crippen LogP contribution in [0, 0.1) is 11.3 Å². The molecule has 0 aliphatic carbocycles. The fourth-order valence-electron chi connectivity index (χ4n) is 13.3. The van der Waals surface area contributed by atoms with Crippen molar-refractivity contribution >= 4 is 86.2 Å². The molecule has 1 heteroatoms. The molecule has 0 atom stereocenters. The second-order valence-corrected chi connectivity index (χ2v) is 21.8. The van der Waals surface area contributed by atoms with Crippen LogP contribution in [0.3, 0.4) is 0 Å². The van der Waals surface area contributed by atoms with Gasteiger partial charge in [-0.1, -0.05) is 243 Å². The van der Waals surface area contributed by atoms with Gasteiger partial charge in [0.15, 0.2) is 0 Å². The van der Waals surface area contributed by atoms with Crippen LogP contribution in [0.1, 0.15) is 5.56 Å². The molecule has 0 saturated carbocycles. The molecule has 82 heavy (non-hydrogen) atoms. The summed E-state index contributed by atoms with van der Waals surface area (Å²) in [6.07, 6.45) is 0. The number of hydrogen-bond donors (Lipinski definition) is 0. The number of fused-ring (bicyclic) bond motifs is 8. The van der Waals surface area contributed by atoms with E-state index in [0.29, 0.717) is 5.56 Å². The normalized spacial score (nSPS) is 11.6. The van der Waals surface area contributed by atoms with E-state index in [0.717, 1.165) is 27.5 Å². The highest BCUT2D eigenvalue weighted by Crippen LogP contribution is 2.49. The van der Waals surface area contributed by atoms with E-state index in [2.05, 4.69) is 291 Å². The maximum atomic E-state index is 9.95.